The lowest BCUT2D eigenvalue weighted by Gasteiger charge is -2.26. The van der Waals surface area contributed by atoms with Gasteiger partial charge in [0.05, 0.1) is 5.69 Å². The first-order chi connectivity index (χ1) is 11.9. The number of hydrogen-bond acceptors (Lipinski definition) is 3. The molecule has 0 saturated carbocycles. The lowest BCUT2D eigenvalue weighted by Crippen LogP contribution is -2.40. The van der Waals surface area contributed by atoms with E-state index in [0.717, 1.165) is 11.1 Å². The third-order valence-corrected chi connectivity index (χ3v) is 4.89. The van der Waals surface area contributed by atoms with Crippen molar-refractivity contribution < 1.29 is 9.53 Å². The maximum absolute atomic E-state index is 12.8. The number of aromatic nitrogens is 1. The van der Waals surface area contributed by atoms with Gasteiger partial charge in [0.2, 0.25) is 0 Å². The largest absolute Gasteiger partial charge is 0.362 e. The van der Waals surface area contributed by atoms with E-state index in [9.17, 15) is 4.79 Å². The van der Waals surface area contributed by atoms with Crippen molar-refractivity contribution in [3.8, 4) is 11.8 Å². The Balaban J connectivity index is 1.90. The summed E-state index contributed by atoms with van der Waals surface area (Å²) in [6, 6.07) is 13.5. The van der Waals surface area contributed by atoms with E-state index in [1.165, 1.54) is 0 Å². The molecule has 1 aromatic carbocycles. The normalized spacial score (nSPS) is 21.8. The number of amides is 1. The van der Waals surface area contributed by atoms with Gasteiger partial charge < -0.3 is 9.64 Å². The Labute approximate surface area is 148 Å². The zero-order valence-corrected chi connectivity index (χ0v) is 15.0. The molecule has 2 aromatic rings. The van der Waals surface area contributed by atoms with Crippen molar-refractivity contribution in [2.75, 3.05) is 14.2 Å². The first-order valence-corrected chi connectivity index (χ1v) is 8.26. The van der Waals surface area contributed by atoms with Gasteiger partial charge in [-0.2, -0.15) is 0 Å². The van der Waals surface area contributed by atoms with Crippen molar-refractivity contribution in [3.05, 3.63) is 65.5 Å². The number of likely N-dealkylation sites (N-methyl/N-ethyl adjacent to an activating group) is 1. The molecule has 0 spiro atoms. The number of carbonyl (C=O) groups is 1. The van der Waals surface area contributed by atoms with Crippen molar-refractivity contribution in [3.63, 3.8) is 0 Å². The number of carbonyl (C=O) groups excluding carboxylic acids is 1. The lowest BCUT2D eigenvalue weighted by atomic mass is 9.89. The molecule has 4 heteroatoms. The minimum atomic E-state index is -1.02. The first kappa shape index (κ1) is 17.2. The Hall–Kier alpha value is -2.64. The fourth-order valence-corrected chi connectivity index (χ4v) is 3.19. The molecular formula is C21H22N2O2. The van der Waals surface area contributed by atoms with Gasteiger partial charge in [-0.25, -0.2) is 0 Å². The molecule has 0 aliphatic carbocycles. The van der Waals surface area contributed by atoms with Gasteiger partial charge in [-0.1, -0.05) is 30.0 Å². The highest BCUT2D eigenvalue weighted by Gasteiger charge is 2.56. The van der Waals surface area contributed by atoms with Crippen molar-refractivity contribution >= 4 is 5.91 Å². The zero-order chi connectivity index (χ0) is 18.1. The summed E-state index contributed by atoms with van der Waals surface area (Å²) in [5, 5.41) is 0. The number of ether oxygens (including phenoxy) is 1. The van der Waals surface area contributed by atoms with Crippen LogP contribution in [0.1, 0.15) is 37.1 Å². The molecule has 3 rings (SSSR count). The second-order valence-corrected chi connectivity index (χ2v) is 6.93. The Morgan fingerprint density at radius 2 is 1.76 bits per heavy atom. The van der Waals surface area contributed by atoms with E-state index in [4.69, 9.17) is 4.74 Å². The van der Waals surface area contributed by atoms with E-state index in [2.05, 4.69) is 16.8 Å². The number of pyridine rings is 1. The second kappa shape index (κ2) is 6.34. The average molecular weight is 334 g/mol. The summed E-state index contributed by atoms with van der Waals surface area (Å²) in [4.78, 5) is 19.0. The number of likely N-dealkylation sites (tertiary alicyclic amines) is 1. The molecule has 1 saturated heterocycles. The smallest absolute Gasteiger partial charge is 0.261 e. The molecule has 0 bridgehead atoms. The van der Waals surface area contributed by atoms with Gasteiger partial charge in [-0.05, 0) is 38.1 Å². The van der Waals surface area contributed by atoms with E-state index in [1.54, 1.807) is 18.2 Å². The van der Waals surface area contributed by atoms with Gasteiger partial charge in [0.15, 0.2) is 5.60 Å². The summed E-state index contributed by atoms with van der Waals surface area (Å²) in [5.41, 5.74) is 1.08. The highest BCUT2D eigenvalue weighted by molar-refractivity contribution is 5.89. The third kappa shape index (κ3) is 3.04. The summed E-state index contributed by atoms with van der Waals surface area (Å²) >= 11 is 0. The molecule has 128 valence electrons. The van der Waals surface area contributed by atoms with Crippen LogP contribution in [0.15, 0.2) is 48.7 Å². The van der Waals surface area contributed by atoms with Crippen molar-refractivity contribution in [1.82, 2.24) is 9.88 Å². The second-order valence-electron chi connectivity index (χ2n) is 6.93. The van der Waals surface area contributed by atoms with Gasteiger partial charge in [0.1, 0.15) is 0 Å². The fourth-order valence-electron chi connectivity index (χ4n) is 3.19. The molecule has 0 unspecified atom stereocenters. The number of methoxy groups -OCH3 is 1. The predicted molar refractivity (Wildman–Crippen MR) is 96.8 cm³/mol. The number of benzene rings is 1. The summed E-state index contributed by atoms with van der Waals surface area (Å²) < 4.78 is 5.68. The van der Waals surface area contributed by atoms with Crippen LogP contribution in [0.4, 0.5) is 0 Å². The Kier molecular flexibility index (Phi) is 4.36. The highest BCUT2D eigenvalue weighted by atomic mass is 16.5. The summed E-state index contributed by atoms with van der Waals surface area (Å²) in [6.45, 7) is 4.07. The van der Waals surface area contributed by atoms with E-state index >= 15 is 0 Å². The van der Waals surface area contributed by atoms with Crippen LogP contribution < -0.4 is 0 Å². The van der Waals surface area contributed by atoms with Crippen LogP contribution in [0.25, 0.3) is 0 Å². The van der Waals surface area contributed by atoms with E-state index in [0.29, 0.717) is 12.1 Å². The maximum atomic E-state index is 12.8. The van der Waals surface area contributed by atoms with Crippen LogP contribution in [-0.2, 0) is 15.1 Å². The van der Waals surface area contributed by atoms with Crippen LogP contribution in [0.3, 0.4) is 0 Å². The predicted octanol–water partition coefficient (Wildman–Crippen LogP) is 2.96. The van der Waals surface area contributed by atoms with Gasteiger partial charge in [0, 0.05) is 43.4 Å². The molecule has 1 amide bonds. The molecule has 2 heterocycles. The number of rotatable bonds is 2. The van der Waals surface area contributed by atoms with Crippen LogP contribution in [-0.4, -0.2) is 35.5 Å². The monoisotopic (exact) mass is 334 g/mol. The molecular weight excluding hydrogens is 312 g/mol. The van der Waals surface area contributed by atoms with E-state index in [1.807, 2.05) is 63.4 Å². The van der Waals surface area contributed by atoms with Gasteiger partial charge in [-0.15, -0.1) is 0 Å². The standard InChI is InChI=1S/C21H22N2O2/c1-20(2)15-21(25-4,19(24)23(20)3)18-13-12-17(14-22-18)11-10-16-8-6-5-7-9-16/h5-9,12-14H,15H2,1-4H3/t21-/m0/s1. The Bertz CT molecular complexity index is 832. The first-order valence-electron chi connectivity index (χ1n) is 8.26. The maximum Gasteiger partial charge on any atom is 0.261 e. The lowest BCUT2D eigenvalue weighted by molar-refractivity contribution is -0.147. The zero-order valence-electron chi connectivity index (χ0n) is 15.0. The quantitative estimate of drug-likeness (QED) is 0.793. The van der Waals surface area contributed by atoms with Crippen molar-refractivity contribution in [2.45, 2.75) is 31.4 Å². The van der Waals surface area contributed by atoms with Crippen LogP contribution >= 0.6 is 0 Å². The molecule has 1 aromatic heterocycles. The molecule has 25 heavy (non-hydrogen) atoms. The minimum absolute atomic E-state index is 0.0596. The molecule has 1 aliphatic heterocycles. The number of hydrogen-bond donors (Lipinski definition) is 0. The van der Waals surface area contributed by atoms with Crippen LogP contribution in [0, 0.1) is 11.8 Å². The molecule has 4 nitrogen and oxygen atoms in total. The molecule has 0 N–H and O–H groups in total. The van der Waals surface area contributed by atoms with Crippen molar-refractivity contribution in [1.29, 1.82) is 0 Å². The Morgan fingerprint density at radius 3 is 2.28 bits per heavy atom. The molecule has 0 radical (unpaired) electrons. The van der Waals surface area contributed by atoms with E-state index < -0.39 is 5.60 Å². The van der Waals surface area contributed by atoms with Gasteiger partial charge in [0.25, 0.3) is 5.91 Å². The van der Waals surface area contributed by atoms with Crippen LogP contribution in [0.5, 0.6) is 0 Å². The SMILES string of the molecule is CO[C@]1(c2ccc(C#Cc3ccccc3)cn2)CC(C)(C)N(C)C1=O. The third-order valence-electron chi connectivity index (χ3n) is 4.89. The summed E-state index contributed by atoms with van der Waals surface area (Å²) in [5.74, 6) is 6.14. The fraction of sp³-hybridized carbons (Fsp3) is 0.333. The van der Waals surface area contributed by atoms with Gasteiger partial charge in [-0.3, -0.25) is 9.78 Å². The Morgan fingerprint density at radius 1 is 1.08 bits per heavy atom. The summed E-state index contributed by atoms with van der Waals surface area (Å²) in [7, 11) is 3.38. The topological polar surface area (TPSA) is 42.4 Å². The van der Waals surface area contributed by atoms with Crippen molar-refractivity contribution in [2.24, 2.45) is 0 Å². The minimum Gasteiger partial charge on any atom is -0.362 e. The average Bonchev–Trinajstić information content (AvgIpc) is 2.82. The van der Waals surface area contributed by atoms with E-state index in [-0.39, 0.29) is 11.4 Å². The highest BCUT2D eigenvalue weighted by Crippen LogP contribution is 2.43. The molecule has 1 aliphatic rings. The number of nitrogens with zero attached hydrogens (tertiary/aromatic N) is 2. The molecule has 1 fully saturated rings. The van der Waals surface area contributed by atoms with Crippen LogP contribution in [0.2, 0.25) is 0 Å². The molecule has 1 atom stereocenters. The summed E-state index contributed by atoms with van der Waals surface area (Å²) in [6.07, 6.45) is 2.26. The van der Waals surface area contributed by atoms with Gasteiger partial charge >= 0.3 is 0 Å².